The summed E-state index contributed by atoms with van der Waals surface area (Å²) >= 11 is 0. The summed E-state index contributed by atoms with van der Waals surface area (Å²) in [4.78, 5) is 27.5. The highest BCUT2D eigenvalue weighted by molar-refractivity contribution is 5.99. The van der Waals surface area contributed by atoms with E-state index in [1.54, 1.807) is 50.3 Å². The second-order valence-electron chi connectivity index (χ2n) is 6.37. The minimum atomic E-state index is -0.762. The van der Waals surface area contributed by atoms with E-state index in [4.69, 9.17) is 0 Å². The smallest absolute Gasteiger partial charge is 0.253 e. The zero-order valence-electron chi connectivity index (χ0n) is 13.5. The monoisotopic (exact) mass is 304 g/mol. The highest BCUT2D eigenvalue weighted by Gasteiger charge is 2.33. The normalized spacial score (nSPS) is 16.4. The third-order valence-electron chi connectivity index (χ3n) is 4.18. The lowest BCUT2D eigenvalue weighted by Crippen LogP contribution is -2.42. The van der Waals surface area contributed by atoms with E-state index >= 15 is 0 Å². The first-order chi connectivity index (χ1) is 10.3. The number of carbonyl (C=O) groups is 2. The zero-order valence-corrected chi connectivity index (χ0v) is 13.5. The van der Waals surface area contributed by atoms with Gasteiger partial charge >= 0.3 is 0 Å². The molecule has 0 aliphatic heterocycles. The summed E-state index contributed by atoms with van der Waals surface area (Å²) in [5.74, 6) is -0.305. The molecular formula is C17H24N2O3. The number of hydrogen-bond donors (Lipinski definition) is 1. The van der Waals surface area contributed by atoms with Crippen LogP contribution in [0.3, 0.4) is 0 Å². The van der Waals surface area contributed by atoms with Gasteiger partial charge in [-0.2, -0.15) is 0 Å². The molecule has 0 atom stereocenters. The zero-order chi connectivity index (χ0) is 16.3. The highest BCUT2D eigenvalue weighted by Crippen LogP contribution is 2.30. The molecule has 1 saturated carbocycles. The molecule has 1 fully saturated rings. The Kier molecular flexibility index (Phi) is 4.86. The van der Waals surface area contributed by atoms with Gasteiger partial charge < -0.3 is 14.9 Å². The van der Waals surface area contributed by atoms with Crippen LogP contribution < -0.4 is 0 Å². The first-order valence-electron chi connectivity index (χ1n) is 7.62. The van der Waals surface area contributed by atoms with Gasteiger partial charge in [0.1, 0.15) is 0 Å². The van der Waals surface area contributed by atoms with E-state index in [9.17, 15) is 14.7 Å². The Hall–Kier alpha value is -1.88. The third-order valence-corrected chi connectivity index (χ3v) is 4.18. The Morgan fingerprint density at radius 3 is 2.18 bits per heavy atom. The molecule has 1 aliphatic rings. The molecule has 1 aromatic carbocycles. The topological polar surface area (TPSA) is 60.9 Å². The van der Waals surface area contributed by atoms with E-state index in [1.807, 2.05) is 0 Å². The minimum Gasteiger partial charge on any atom is -0.388 e. The quantitative estimate of drug-likeness (QED) is 0.922. The molecule has 0 aromatic heterocycles. The largest absolute Gasteiger partial charge is 0.388 e. The molecule has 0 bridgehead atoms. The number of nitrogens with zero attached hydrogens (tertiary/aromatic N) is 2. The van der Waals surface area contributed by atoms with Crippen molar-refractivity contribution in [3.63, 3.8) is 0 Å². The van der Waals surface area contributed by atoms with Crippen molar-refractivity contribution >= 4 is 11.8 Å². The molecule has 22 heavy (non-hydrogen) atoms. The molecule has 1 aliphatic carbocycles. The van der Waals surface area contributed by atoms with E-state index in [-0.39, 0.29) is 11.8 Å². The molecule has 5 heteroatoms. The molecule has 2 rings (SSSR count). The van der Waals surface area contributed by atoms with Crippen LogP contribution in [0.5, 0.6) is 0 Å². The van der Waals surface area contributed by atoms with Crippen molar-refractivity contribution in [2.75, 3.05) is 27.7 Å². The molecular weight excluding hydrogens is 280 g/mol. The van der Waals surface area contributed by atoms with Crippen LogP contribution in [0.25, 0.3) is 0 Å². The second-order valence-corrected chi connectivity index (χ2v) is 6.37. The lowest BCUT2D eigenvalue weighted by Gasteiger charge is -2.28. The Balaban J connectivity index is 2.12. The van der Waals surface area contributed by atoms with Crippen LogP contribution in [0.1, 0.15) is 46.4 Å². The standard InChI is InChI=1S/C17H24N2O3/c1-18(2)15(20)13-7-6-8-14(11-13)16(21)19(3)12-17(22)9-4-5-10-17/h6-8,11,22H,4-5,9-10,12H2,1-3H3. The fraction of sp³-hybridized carbons (Fsp3) is 0.529. The van der Waals surface area contributed by atoms with Crippen LogP contribution in [0.2, 0.25) is 0 Å². The number of rotatable bonds is 4. The van der Waals surface area contributed by atoms with Crippen molar-refractivity contribution in [3.05, 3.63) is 35.4 Å². The Bertz CT molecular complexity index is 563. The number of amides is 2. The van der Waals surface area contributed by atoms with Gasteiger partial charge in [0, 0.05) is 38.8 Å². The van der Waals surface area contributed by atoms with E-state index in [0.717, 1.165) is 25.7 Å². The Morgan fingerprint density at radius 1 is 1.09 bits per heavy atom. The predicted molar refractivity (Wildman–Crippen MR) is 84.8 cm³/mol. The summed E-state index contributed by atoms with van der Waals surface area (Å²) in [6.45, 7) is 0.331. The lowest BCUT2D eigenvalue weighted by molar-refractivity contribution is 0.0156. The van der Waals surface area contributed by atoms with Crippen molar-refractivity contribution in [3.8, 4) is 0 Å². The predicted octanol–water partition coefficient (Wildman–Crippen LogP) is 1.77. The summed E-state index contributed by atoms with van der Waals surface area (Å²) in [5, 5.41) is 10.4. The molecule has 1 aromatic rings. The Labute approximate surface area is 131 Å². The van der Waals surface area contributed by atoms with Crippen molar-refractivity contribution in [1.29, 1.82) is 0 Å². The van der Waals surface area contributed by atoms with Gasteiger partial charge in [0.25, 0.3) is 11.8 Å². The number of hydrogen-bond acceptors (Lipinski definition) is 3. The molecule has 120 valence electrons. The molecule has 0 unspecified atom stereocenters. The van der Waals surface area contributed by atoms with Crippen LogP contribution in [0, 0.1) is 0 Å². The lowest BCUT2D eigenvalue weighted by atomic mass is 10.0. The van der Waals surface area contributed by atoms with Crippen LogP contribution in [-0.2, 0) is 0 Å². The number of likely N-dealkylation sites (N-methyl/N-ethyl adjacent to an activating group) is 1. The molecule has 0 saturated heterocycles. The molecule has 0 radical (unpaired) electrons. The van der Waals surface area contributed by atoms with Crippen molar-refractivity contribution in [2.24, 2.45) is 0 Å². The van der Waals surface area contributed by atoms with E-state index in [1.165, 1.54) is 4.90 Å². The molecule has 0 heterocycles. The molecule has 1 N–H and O–H groups in total. The first kappa shape index (κ1) is 16.5. The maximum absolute atomic E-state index is 12.5. The fourth-order valence-electron chi connectivity index (χ4n) is 2.97. The minimum absolute atomic E-state index is 0.133. The van der Waals surface area contributed by atoms with E-state index < -0.39 is 5.60 Å². The van der Waals surface area contributed by atoms with Crippen LogP contribution in [0.15, 0.2) is 24.3 Å². The maximum atomic E-state index is 12.5. The van der Waals surface area contributed by atoms with Gasteiger partial charge in [0.15, 0.2) is 0 Å². The summed E-state index contributed by atoms with van der Waals surface area (Å²) in [6.07, 6.45) is 3.49. The summed E-state index contributed by atoms with van der Waals surface area (Å²) in [5.41, 5.74) is 0.196. The number of carbonyl (C=O) groups excluding carboxylic acids is 2. The van der Waals surface area contributed by atoms with Gasteiger partial charge in [0.05, 0.1) is 5.60 Å². The average molecular weight is 304 g/mol. The van der Waals surface area contributed by atoms with Gasteiger partial charge in [-0.05, 0) is 31.0 Å². The highest BCUT2D eigenvalue weighted by atomic mass is 16.3. The third kappa shape index (κ3) is 3.65. The molecule has 2 amide bonds. The number of aliphatic hydroxyl groups is 1. The van der Waals surface area contributed by atoms with E-state index in [2.05, 4.69) is 0 Å². The van der Waals surface area contributed by atoms with Crippen molar-refractivity contribution < 1.29 is 14.7 Å². The first-order valence-corrected chi connectivity index (χ1v) is 7.62. The molecule has 5 nitrogen and oxygen atoms in total. The van der Waals surface area contributed by atoms with E-state index in [0.29, 0.717) is 17.7 Å². The summed E-state index contributed by atoms with van der Waals surface area (Å²) < 4.78 is 0. The maximum Gasteiger partial charge on any atom is 0.253 e. The molecule has 0 spiro atoms. The van der Waals surface area contributed by atoms with Gasteiger partial charge in [-0.3, -0.25) is 9.59 Å². The van der Waals surface area contributed by atoms with Crippen molar-refractivity contribution in [2.45, 2.75) is 31.3 Å². The fourth-order valence-corrected chi connectivity index (χ4v) is 2.97. The van der Waals surface area contributed by atoms with Gasteiger partial charge in [-0.15, -0.1) is 0 Å². The van der Waals surface area contributed by atoms with Crippen LogP contribution in [-0.4, -0.2) is 60.0 Å². The van der Waals surface area contributed by atoms with Crippen LogP contribution >= 0.6 is 0 Å². The SMILES string of the molecule is CN(C)C(=O)c1cccc(C(=O)N(C)CC2(O)CCCC2)c1. The number of benzene rings is 1. The average Bonchev–Trinajstić information content (AvgIpc) is 2.91. The second kappa shape index (κ2) is 6.48. The summed E-state index contributed by atoms with van der Waals surface area (Å²) in [6, 6.07) is 6.72. The van der Waals surface area contributed by atoms with Gasteiger partial charge in [0.2, 0.25) is 0 Å². The van der Waals surface area contributed by atoms with Gasteiger partial charge in [-0.25, -0.2) is 0 Å². The van der Waals surface area contributed by atoms with Gasteiger partial charge in [-0.1, -0.05) is 18.9 Å². The summed E-state index contributed by atoms with van der Waals surface area (Å²) in [7, 11) is 5.05. The Morgan fingerprint density at radius 2 is 1.64 bits per heavy atom. The van der Waals surface area contributed by atoms with Crippen molar-refractivity contribution in [1.82, 2.24) is 9.80 Å². The van der Waals surface area contributed by atoms with Crippen LogP contribution in [0.4, 0.5) is 0 Å².